The van der Waals surface area contributed by atoms with Crippen LogP contribution in [0.4, 0.5) is 30.7 Å². The van der Waals surface area contributed by atoms with Crippen LogP contribution >= 0.6 is 34.8 Å². The highest BCUT2D eigenvalue weighted by atomic mass is 35.5. The molecule has 5 rings (SSSR count). The third kappa shape index (κ3) is 5.33. The van der Waals surface area contributed by atoms with Crippen molar-refractivity contribution in [3.63, 3.8) is 0 Å². The van der Waals surface area contributed by atoms with E-state index in [1.165, 1.54) is 24.7 Å². The molecular weight excluding hydrogens is 640 g/mol. The van der Waals surface area contributed by atoms with Gasteiger partial charge >= 0.3 is 18.0 Å². The Morgan fingerprint density at radius 2 is 1.57 bits per heavy atom. The van der Waals surface area contributed by atoms with Crippen molar-refractivity contribution in [2.45, 2.75) is 62.4 Å². The summed E-state index contributed by atoms with van der Waals surface area (Å²) in [5, 5.41) is 2.57. The summed E-state index contributed by atoms with van der Waals surface area (Å²) >= 11 is 18.3. The summed E-state index contributed by atoms with van der Waals surface area (Å²) in [5.74, 6) is -0.335. The van der Waals surface area contributed by atoms with Crippen molar-refractivity contribution in [3.8, 4) is 16.8 Å². The molecule has 1 aliphatic heterocycles. The molecule has 2 atom stereocenters. The standard InChI is InChI=1S/C26H20Cl3F7N4O2/c1-12(20-4-5-42-20)40(16-2-3-16)23(41)17-6-13(9-37-22(17)29)14-10-38-39(11-14)21-18(27)7-15(8-19(21)28)24(30,25(31,32)33)26(34,35)36/h6-12,16,20H,2-5H2,1H3. The molecule has 1 aromatic carbocycles. The molecule has 0 N–H and O–H groups in total. The zero-order chi connectivity index (χ0) is 30.8. The molecular formula is C26H20Cl3F7N4O2. The van der Waals surface area contributed by atoms with Gasteiger partial charge in [-0.05, 0) is 44.4 Å². The average molecular weight is 660 g/mol. The molecule has 2 unspecified atom stereocenters. The Morgan fingerprint density at radius 1 is 0.976 bits per heavy atom. The number of rotatable bonds is 7. The van der Waals surface area contributed by atoms with Crippen LogP contribution in [0, 0.1) is 0 Å². The molecule has 2 aliphatic rings. The van der Waals surface area contributed by atoms with Crippen LogP contribution in [-0.2, 0) is 10.4 Å². The van der Waals surface area contributed by atoms with Gasteiger partial charge in [-0.25, -0.2) is 14.1 Å². The largest absolute Gasteiger partial charge is 0.435 e. The van der Waals surface area contributed by atoms with Gasteiger partial charge in [-0.3, -0.25) is 4.79 Å². The predicted octanol–water partition coefficient (Wildman–Crippen LogP) is 7.97. The minimum Gasteiger partial charge on any atom is -0.376 e. The summed E-state index contributed by atoms with van der Waals surface area (Å²) in [6, 6.07) is 1.76. The molecule has 42 heavy (non-hydrogen) atoms. The molecule has 1 saturated heterocycles. The lowest BCUT2D eigenvalue weighted by atomic mass is 9.94. The Morgan fingerprint density at radius 3 is 2.07 bits per heavy atom. The summed E-state index contributed by atoms with van der Waals surface area (Å²) in [6.07, 6.45) is -6.30. The van der Waals surface area contributed by atoms with Gasteiger partial charge < -0.3 is 9.64 Å². The smallest absolute Gasteiger partial charge is 0.376 e. The van der Waals surface area contributed by atoms with Crippen molar-refractivity contribution < 1.29 is 40.3 Å². The van der Waals surface area contributed by atoms with Gasteiger partial charge in [-0.2, -0.15) is 31.4 Å². The zero-order valence-corrected chi connectivity index (χ0v) is 23.7. The van der Waals surface area contributed by atoms with Gasteiger partial charge in [0.2, 0.25) is 0 Å². The van der Waals surface area contributed by atoms with Crippen molar-refractivity contribution in [2.75, 3.05) is 6.61 Å². The number of ether oxygens (including phenoxy) is 1. The highest BCUT2D eigenvalue weighted by molar-refractivity contribution is 6.38. The number of amides is 1. The fourth-order valence-electron chi connectivity index (χ4n) is 4.81. The molecule has 0 radical (unpaired) electrons. The summed E-state index contributed by atoms with van der Waals surface area (Å²) in [7, 11) is 0. The maximum atomic E-state index is 14.6. The van der Waals surface area contributed by atoms with Crippen LogP contribution in [0.5, 0.6) is 0 Å². The number of hydrogen-bond donors (Lipinski definition) is 0. The molecule has 3 aromatic rings. The Labute approximate surface area is 249 Å². The zero-order valence-electron chi connectivity index (χ0n) is 21.4. The summed E-state index contributed by atoms with van der Waals surface area (Å²) in [5.41, 5.74) is -7.01. The average Bonchev–Trinajstić information content (AvgIpc) is 3.56. The first-order valence-electron chi connectivity index (χ1n) is 12.5. The number of halogens is 10. The minimum atomic E-state index is -6.34. The molecule has 1 aliphatic carbocycles. The van der Waals surface area contributed by atoms with Gasteiger partial charge in [0.1, 0.15) is 10.8 Å². The fourth-order valence-corrected chi connectivity index (χ4v) is 5.65. The van der Waals surface area contributed by atoms with Gasteiger partial charge in [0.15, 0.2) is 0 Å². The summed E-state index contributed by atoms with van der Waals surface area (Å²) in [6.45, 7) is 2.53. The van der Waals surface area contributed by atoms with Crippen molar-refractivity contribution in [1.29, 1.82) is 0 Å². The molecule has 0 spiro atoms. The summed E-state index contributed by atoms with van der Waals surface area (Å²) in [4.78, 5) is 19.5. The van der Waals surface area contributed by atoms with E-state index >= 15 is 0 Å². The molecule has 1 saturated carbocycles. The highest BCUT2D eigenvalue weighted by Crippen LogP contribution is 2.54. The topological polar surface area (TPSA) is 60.2 Å². The lowest BCUT2D eigenvalue weighted by Gasteiger charge is -2.39. The van der Waals surface area contributed by atoms with Crippen molar-refractivity contribution >= 4 is 40.7 Å². The number of carbonyl (C=O) groups is 1. The van der Waals surface area contributed by atoms with E-state index in [0.29, 0.717) is 17.7 Å². The maximum absolute atomic E-state index is 14.6. The van der Waals surface area contributed by atoms with Gasteiger partial charge in [0, 0.05) is 41.7 Å². The second kappa shape index (κ2) is 10.8. The minimum absolute atomic E-state index is 0.0331. The fraction of sp³-hybridized carbons (Fsp3) is 0.423. The quantitative estimate of drug-likeness (QED) is 0.191. The lowest BCUT2D eigenvalue weighted by molar-refractivity contribution is -0.348. The van der Waals surface area contributed by atoms with E-state index in [4.69, 9.17) is 39.5 Å². The van der Waals surface area contributed by atoms with Gasteiger partial charge in [-0.15, -0.1) is 0 Å². The van der Waals surface area contributed by atoms with Crippen LogP contribution in [-0.4, -0.2) is 62.7 Å². The maximum Gasteiger partial charge on any atom is 0.435 e. The summed E-state index contributed by atoms with van der Waals surface area (Å²) < 4.78 is 101. The van der Waals surface area contributed by atoms with Crippen LogP contribution in [0.1, 0.15) is 42.1 Å². The Bertz CT molecular complexity index is 1480. The number of alkyl halides is 7. The van der Waals surface area contributed by atoms with E-state index in [9.17, 15) is 35.5 Å². The number of benzene rings is 1. The van der Waals surface area contributed by atoms with E-state index in [2.05, 4.69) is 10.1 Å². The van der Waals surface area contributed by atoms with Crippen LogP contribution in [0.2, 0.25) is 15.2 Å². The van der Waals surface area contributed by atoms with E-state index in [-0.39, 0.29) is 52.6 Å². The molecule has 2 fully saturated rings. The van der Waals surface area contributed by atoms with Crippen molar-refractivity contribution in [3.05, 3.63) is 63.1 Å². The van der Waals surface area contributed by atoms with Gasteiger partial charge in [-0.1, -0.05) is 34.8 Å². The number of carbonyl (C=O) groups excluding carboxylic acids is 1. The first kappa shape index (κ1) is 30.8. The Kier molecular flexibility index (Phi) is 7.95. The molecule has 1 amide bonds. The second-order valence-corrected chi connectivity index (χ2v) is 11.2. The number of nitrogens with zero attached hydrogens (tertiary/aromatic N) is 4. The van der Waals surface area contributed by atoms with E-state index in [1.807, 2.05) is 6.92 Å². The van der Waals surface area contributed by atoms with Crippen LogP contribution < -0.4 is 0 Å². The number of aromatic nitrogens is 3. The van der Waals surface area contributed by atoms with Gasteiger partial charge in [0.25, 0.3) is 5.91 Å². The van der Waals surface area contributed by atoms with Crippen LogP contribution in [0.15, 0.2) is 36.8 Å². The van der Waals surface area contributed by atoms with Crippen molar-refractivity contribution in [2.24, 2.45) is 0 Å². The number of pyridine rings is 1. The molecule has 6 nitrogen and oxygen atoms in total. The van der Waals surface area contributed by atoms with Crippen LogP contribution in [0.25, 0.3) is 16.8 Å². The molecule has 0 bridgehead atoms. The molecule has 16 heteroatoms. The normalized spacial score (nSPS) is 18.5. The first-order valence-corrected chi connectivity index (χ1v) is 13.6. The third-order valence-corrected chi connectivity index (χ3v) is 8.17. The first-order chi connectivity index (χ1) is 19.5. The number of hydrogen-bond acceptors (Lipinski definition) is 4. The third-order valence-electron chi connectivity index (χ3n) is 7.30. The predicted molar refractivity (Wildman–Crippen MR) is 140 cm³/mol. The Hall–Kier alpha value is -2.61. The van der Waals surface area contributed by atoms with Crippen molar-refractivity contribution in [1.82, 2.24) is 19.7 Å². The van der Waals surface area contributed by atoms with E-state index in [0.717, 1.165) is 23.9 Å². The molecule has 3 heterocycles. The SMILES string of the molecule is CC(C1CCO1)N(C(=O)c1cc(-c2cnn(-c3c(Cl)cc(C(F)(C(F)(F)F)C(F)(F)F)cc3Cl)c2)cnc1Cl)C1CC1. The monoisotopic (exact) mass is 658 g/mol. The van der Waals surface area contributed by atoms with Gasteiger partial charge in [0.05, 0.1) is 34.0 Å². The Balaban J connectivity index is 1.47. The van der Waals surface area contributed by atoms with E-state index in [1.54, 1.807) is 4.90 Å². The molecule has 2 aromatic heterocycles. The van der Waals surface area contributed by atoms with Crippen LogP contribution in [0.3, 0.4) is 0 Å². The highest BCUT2D eigenvalue weighted by Gasteiger charge is 2.73. The van der Waals surface area contributed by atoms with E-state index < -0.39 is 33.6 Å². The lowest BCUT2D eigenvalue weighted by Crippen LogP contribution is -2.51. The molecule has 226 valence electrons. The second-order valence-electron chi connectivity index (χ2n) is 10.1.